The van der Waals surface area contributed by atoms with Crippen molar-refractivity contribution in [2.75, 3.05) is 0 Å². The molecule has 0 aliphatic heterocycles. The lowest BCUT2D eigenvalue weighted by Crippen LogP contribution is -1.98. The van der Waals surface area contributed by atoms with E-state index in [0.29, 0.717) is 0 Å². The molecule has 0 aliphatic rings. The quantitative estimate of drug-likeness (QED) is 0.613. The minimum Gasteiger partial charge on any atom is -0.389 e. The third-order valence-electron chi connectivity index (χ3n) is 2.38. The number of aliphatic hydroxyl groups excluding tert-OH is 1. The molecule has 1 aromatic heterocycles. The molecule has 1 N–H and O–H groups in total. The molecule has 1 aromatic carbocycles. The standard InChI is InChI=1S/C11H9BrI2N2O/c1-6(17)8-3-2-7(4-9(8)12)16-5-15-10(13)11(16)14/h2-6,17H,1H3/t6-/m0/s1. The maximum atomic E-state index is 9.57. The first kappa shape index (κ1) is 13.8. The van der Waals surface area contributed by atoms with Gasteiger partial charge in [0, 0.05) is 10.2 Å². The lowest BCUT2D eigenvalue weighted by atomic mass is 10.1. The average Bonchev–Trinajstić information content (AvgIpc) is 2.59. The summed E-state index contributed by atoms with van der Waals surface area (Å²) in [5.41, 5.74) is 1.92. The molecule has 0 radical (unpaired) electrons. The Balaban J connectivity index is 2.48. The smallest absolute Gasteiger partial charge is 0.133 e. The second-order valence-electron chi connectivity index (χ2n) is 3.58. The number of imidazole rings is 1. The summed E-state index contributed by atoms with van der Waals surface area (Å²) in [4.78, 5) is 4.26. The van der Waals surface area contributed by atoms with Crippen molar-refractivity contribution in [3.63, 3.8) is 0 Å². The van der Waals surface area contributed by atoms with Crippen LogP contribution in [0.5, 0.6) is 0 Å². The topological polar surface area (TPSA) is 38.0 Å². The van der Waals surface area contributed by atoms with Crippen LogP contribution < -0.4 is 0 Å². The Morgan fingerprint density at radius 3 is 2.59 bits per heavy atom. The molecular weight excluding hydrogens is 510 g/mol. The van der Waals surface area contributed by atoms with E-state index in [9.17, 15) is 5.11 Å². The van der Waals surface area contributed by atoms with Crippen LogP contribution in [0.25, 0.3) is 5.69 Å². The predicted molar refractivity (Wildman–Crippen MR) is 87.3 cm³/mol. The largest absolute Gasteiger partial charge is 0.389 e. The van der Waals surface area contributed by atoms with Gasteiger partial charge in [-0.15, -0.1) is 0 Å². The molecule has 1 atom stereocenters. The van der Waals surface area contributed by atoms with Gasteiger partial charge in [0.25, 0.3) is 0 Å². The molecule has 0 fully saturated rings. The highest BCUT2D eigenvalue weighted by atomic mass is 127. The highest BCUT2D eigenvalue weighted by Gasteiger charge is 2.10. The fourth-order valence-electron chi connectivity index (χ4n) is 1.50. The minimum absolute atomic E-state index is 0.472. The van der Waals surface area contributed by atoms with Gasteiger partial charge in [-0.2, -0.15) is 0 Å². The van der Waals surface area contributed by atoms with Crippen molar-refractivity contribution >= 4 is 61.1 Å². The molecule has 6 heteroatoms. The SMILES string of the molecule is C[C@H](O)c1ccc(-n2cnc(I)c2I)cc1Br. The number of hydrogen-bond acceptors (Lipinski definition) is 2. The van der Waals surface area contributed by atoms with E-state index in [4.69, 9.17) is 0 Å². The van der Waals surface area contributed by atoms with Crippen LogP contribution in [0.3, 0.4) is 0 Å². The molecule has 2 aromatic rings. The van der Waals surface area contributed by atoms with Crippen molar-refractivity contribution in [3.05, 3.63) is 42.0 Å². The maximum Gasteiger partial charge on any atom is 0.133 e. The second-order valence-corrected chi connectivity index (χ2v) is 6.48. The van der Waals surface area contributed by atoms with Crippen LogP contribution >= 0.6 is 61.1 Å². The van der Waals surface area contributed by atoms with E-state index >= 15 is 0 Å². The number of hydrogen-bond donors (Lipinski definition) is 1. The third-order valence-corrected chi connectivity index (χ3v) is 5.92. The van der Waals surface area contributed by atoms with Gasteiger partial charge in [-0.1, -0.05) is 22.0 Å². The van der Waals surface area contributed by atoms with Gasteiger partial charge in [-0.05, 0) is 69.8 Å². The molecule has 0 amide bonds. The van der Waals surface area contributed by atoms with Crippen LogP contribution in [-0.2, 0) is 0 Å². The summed E-state index contributed by atoms with van der Waals surface area (Å²) in [5, 5.41) is 9.57. The number of aromatic nitrogens is 2. The monoisotopic (exact) mass is 518 g/mol. The summed E-state index contributed by atoms with van der Waals surface area (Å²) in [5.74, 6) is 0. The van der Waals surface area contributed by atoms with Gasteiger partial charge in [0.2, 0.25) is 0 Å². The van der Waals surface area contributed by atoms with E-state index in [1.54, 1.807) is 13.3 Å². The Morgan fingerprint density at radius 2 is 2.12 bits per heavy atom. The van der Waals surface area contributed by atoms with Crippen molar-refractivity contribution in [1.29, 1.82) is 0 Å². The first-order valence-corrected chi connectivity index (χ1v) is 7.82. The van der Waals surface area contributed by atoms with Gasteiger partial charge in [0.05, 0.1) is 6.10 Å². The normalized spacial score (nSPS) is 12.8. The van der Waals surface area contributed by atoms with Crippen LogP contribution in [-0.4, -0.2) is 14.7 Å². The molecule has 90 valence electrons. The van der Waals surface area contributed by atoms with E-state index in [0.717, 1.165) is 23.1 Å². The van der Waals surface area contributed by atoms with Crippen molar-refractivity contribution in [1.82, 2.24) is 9.55 Å². The molecule has 17 heavy (non-hydrogen) atoms. The second kappa shape index (κ2) is 5.54. The zero-order valence-corrected chi connectivity index (χ0v) is 14.8. The van der Waals surface area contributed by atoms with Crippen molar-refractivity contribution < 1.29 is 5.11 Å². The molecule has 0 spiro atoms. The van der Waals surface area contributed by atoms with Crippen molar-refractivity contribution in [3.8, 4) is 5.69 Å². The van der Waals surface area contributed by atoms with E-state index < -0.39 is 6.10 Å². The van der Waals surface area contributed by atoms with Crippen molar-refractivity contribution in [2.45, 2.75) is 13.0 Å². The Labute approximate surface area is 135 Å². The Hall–Kier alpha value is 0.330. The predicted octanol–water partition coefficient (Wildman–Crippen LogP) is 3.90. The van der Waals surface area contributed by atoms with Gasteiger partial charge in [-0.3, -0.25) is 4.57 Å². The molecular formula is C11H9BrI2N2O. The third kappa shape index (κ3) is 2.85. The summed E-state index contributed by atoms with van der Waals surface area (Å²) in [6.45, 7) is 1.75. The molecule has 1 heterocycles. The fraction of sp³-hybridized carbons (Fsp3) is 0.182. The van der Waals surface area contributed by atoms with Gasteiger partial charge < -0.3 is 5.11 Å². The molecule has 2 rings (SSSR count). The summed E-state index contributed by atoms with van der Waals surface area (Å²) in [6, 6.07) is 5.89. The molecule has 0 unspecified atom stereocenters. The summed E-state index contributed by atoms with van der Waals surface area (Å²) < 4.78 is 4.99. The zero-order chi connectivity index (χ0) is 12.6. The van der Waals surface area contributed by atoms with Crippen LogP contribution in [0.4, 0.5) is 0 Å². The number of rotatable bonds is 2. The molecule has 0 aliphatic carbocycles. The zero-order valence-electron chi connectivity index (χ0n) is 8.86. The first-order chi connectivity index (χ1) is 8.00. The highest BCUT2D eigenvalue weighted by Crippen LogP contribution is 2.27. The first-order valence-electron chi connectivity index (χ1n) is 4.87. The van der Waals surface area contributed by atoms with Crippen molar-refractivity contribution in [2.24, 2.45) is 0 Å². The van der Waals surface area contributed by atoms with Crippen LogP contribution in [0.1, 0.15) is 18.6 Å². The number of halogens is 3. The van der Waals surface area contributed by atoms with Crippen LogP contribution in [0.2, 0.25) is 0 Å². The van der Waals surface area contributed by atoms with Gasteiger partial charge >= 0.3 is 0 Å². The minimum atomic E-state index is -0.472. The molecule has 3 nitrogen and oxygen atoms in total. The van der Waals surface area contributed by atoms with E-state index in [1.165, 1.54) is 0 Å². The number of nitrogens with zero attached hydrogens (tertiary/aromatic N) is 2. The molecule has 0 saturated heterocycles. The Morgan fingerprint density at radius 1 is 1.41 bits per heavy atom. The molecule has 0 saturated carbocycles. The lowest BCUT2D eigenvalue weighted by molar-refractivity contribution is 0.198. The Bertz CT molecular complexity index is 554. The maximum absolute atomic E-state index is 9.57. The van der Waals surface area contributed by atoms with E-state index in [1.807, 2.05) is 22.8 Å². The van der Waals surface area contributed by atoms with Gasteiger partial charge in [-0.25, -0.2) is 4.98 Å². The van der Waals surface area contributed by atoms with E-state index in [2.05, 4.69) is 66.1 Å². The summed E-state index contributed by atoms with van der Waals surface area (Å²) >= 11 is 7.95. The Kier molecular flexibility index (Phi) is 4.48. The van der Waals surface area contributed by atoms with E-state index in [-0.39, 0.29) is 0 Å². The number of benzene rings is 1. The van der Waals surface area contributed by atoms with Gasteiger partial charge in [0.1, 0.15) is 13.7 Å². The summed E-state index contributed by atoms with van der Waals surface area (Å²) in [6.07, 6.45) is 1.33. The average molecular weight is 519 g/mol. The lowest BCUT2D eigenvalue weighted by Gasteiger charge is -2.10. The van der Waals surface area contributed by atoms with Crippen LogP contribution in [0.15, 0.2) is 29.0 Å². The number of aliphatic hydroxyl groups is 1. The van der Waals surface area contributed by atoms with Gasteiger partial charge in [0.15, 0.2) is 0 Å². The highest BCUT2D eigenvalue weighted by molar-refractivity contribution is 14.1. The fourth-order valence-corrected chi connectivity index (χ4v) is 3.12. The summed E-state index contributed by atoms with van der Waals surface area (Å²) in [7, 11) is 0. The molecule has 0 bridgehead atoms. The van der Waals surface area contributed by atoms with Crippen LogP contribution in [0, 0.1) is 7.40 Å².